The van der Waals surface area contributed by atoms with E-state index < -0.39 is 0 Å². The van der Waals surface area contributed by atoms with Gasteiger partial charge in [0.05, 0.1) is 0 Å². The minimum Gasteiger partial charge on any atom is -0.336 e. The number of urea groups is 1. The Bertz CT molecular complexity index is 308. The van der Waals surface area contributed by atoms with E-state index in [-0.39, 0.29) is 12.1 Å². The lowest BCUT2D eigenvalue weighted by atomic mass is 10.3. The molecule has 3 nitrogen and oxygen atoms in total. The van der Waals surface area contributed by atoms with Crippen LogP contribution >= 0.6 is 22.6 Å². The summed E-state index contributed by atoms with van der Waals surface area (Å²) in [4.78, 5) is 11.3. The number of halogens is 1. The molecule has 1 rings (SSSR count). The first-order valence-corrected chi connectivity index (χ1v) is 5.49. The van der Waals surface area contributed by atoms with Crippen LogP contribution < -0.4 is 10.6 Å². The van der Waals surface area contributed by atoms with E-state index in [0.717, 1.165) is 9.26 Å². The molecule has 0 aromatic heterocycles. The second kappa shape index (κ2) is 5.19. The monoisotopic (exact) mass is 304 g/mol. The topological polar surface area (TPSA) is 41.1 Å². The zero-order chi connectivity index (χ0) is 10.6. The molecule has 4 heteroatoms. The minimum atomic E-state index is -0.166. The Labute approximate surface area is 97.4 Å². The first kappa shape index (κ1) is 11.3. The molecule has 1 aromatic carbocycles. The van der Waals surface area contributed by atoms with Crippen molar-refractivity contribution in [3.05, 3.63) is 27.8 Å². The van der Waals surface area contributed by atoms with E-state index >= 15 is 0 Å². The maximum Gasteiger partial charge on any atom is 0.319 e. The molecule has 0 unspecified atom stereocenters. The van der Waals surface area contributed by atoms with Crippen LogP contribution in [-0.2, 0) is 0 Å². The van der Waals surface area contributed by atoms with Crippen molar-refractivity contribution in [1.82, 2.24) is 5.32 Å². The molecule has 0 radical (unpaired) electrons. The molecule has 0 aliphatic carbocycles. The Morgan fingerprint density at radius 2 is 1.86 bits per heavy atom. The van der Waals surface area contributed by atoms with Crippen molar-refractivity contribution in [2.75, 3.05) is 5.32 Å². The van der Waals surface area contributed by atoms with Gasteiger partial charge in [0.25, 0.3) is 0 Å². The normalized spacial score (nSPS) is 10.0. The van der Waals surface area contributed by atoms with Crippen molar-refractivity contribution < 1.29 is 4.79 Å². The first-order chi connectivity index (χ1) is 6.58. The van der Waals surface area contributed by atoms with E-state index in [1.54, 1.807) is 0 Å². The fourth-order valence-electron chi connectivity index (χ4n) is 0.963. The van der Waals surface area contributed by atoms with Gasteiger partial charge in [0, 0.05) is 15.3 Å². The molecule has 76 valence electrons. The van der Waals surface area contributed by atoms with E-state index in [1.165, 1.54) is 0 Å². The smallest absolute Gasteiger partial charge is 0.319 e. The van der Waals surface area contributed by atoms with Gasteiger partial charge in [-0.1, -0.05) is 0 Å². The number of rotatable bonds is 2. The first-order valence-electron chi connectivity index (χ1n) is 4.41. The fraction of sp³-hybridized carbons (Fsp3) is 0.300. The predicted octanol–water partition coefficient (Wildman–Crippen LogP) is 2.82. The van der Waals surface area contributed by atoms with E-state index in [2.05, 4.69) is 33.2 Å². The van der Waals surface area contributed by atoms with Crippen LogP contribution in [0.5, 0.6) is 0 Å². The highest BCUT2D eigenvalue weighted by atomic mass is 127. The number of nitrogens with one attached hydrogen (secondary N) is 2. The number of hydrogen-bond donors (Lipinski definition) is 2. The Morgan fingerprint density at radius 3 is 2.36 bits per heavy atom. The van der Waals surface area contributed by atoms with Gasteiger partial charge in [-0.2, -0.15) is 0 Å². The molecule has 0 aliphatic rings. The summed E-state index contributed by atoms with van der Waals surface area (Å²) in [7, 11) is 0. The Hall–Kier alpha value is -0.780. The summed E-state index contributed by atoms with van der Waals surface area (Å²) in [6, 6.07) is 7.64. The average molecular weight is 304 g/mol. The average Bonchev–Trinajstić information content (AvgIpc) is 2.07. The molecule has 14 heavy (non-hydrogen) atoms. The lowest BCUT2D eigenvalue weighted by Gasteiger charge is -2.09. The Balaban J connectivity index is 2.52. The molecule has 0 bridgehead atoms. The van der Waals surface area contributed by atoms with Gasteiger partial charge >= 0.3 is 6.03 Å². The molecule has 0 saturated heterocycles. The van der Waals surface area contributed by atoms with Crippen molar-refractivity contribution in [3.63, 3.8) is 0 Å². The second-order valence-electron chi connectivity index (χ2n) is 3.26. The maximum atomic E-state index is 11.3. The van der Waals surface area contributed by atoms with Crippen LogP contribution in [0.3, 0.4) is 0 Å². The summed E-state index contributed by atoms with van der Waals surface area (Å²) in [5, 5.41) is 5.50. The van der Waals surface area contributed by atoms with E-state index in [0.29, 0.717) is 0 Å². The third-order valence-electron chi connectivity index (χ3n) is 1.52. The molecular weight excluding hydrogens is 291 g/mol. The second-order valence-corrected chi connectivity index (χ2v) is 4.51. The zero-order valence-corrected chi connectivity index (χ0v) is 10.3. The Morgan fingerprint density at radius 1 is 1.29 bits per heavy atom. The molecular formula is C10H13IN2O. The zero-order valence-electron chi connectivity index (χ0n) is 8.17. The number of benzene rings is 1. The van der Waals surface area contributed by atoms with Crippen molar-refractivity contribution in [2.24, 2.45) is 0 Å². The van der Waals surface area contributed by atoms with E-state index in [4.69, 9.17) is 0 Å². The van der Waals surface area contributed by atoms with Gasteiger partial charge in [0.15, 0.2) is 0 Å². The van der Waals surface area contributed by atoms with Crippen molar-refractivity contribution in [3.8, 4) is 0 Å². The van der Waals surface area contributed by atoms with Crippen molar-refractivity contribution in [2.45, 2.75) is 19.9 Å². The van der Waals surface area contributed by atoms with Crippen LogP contribution in [0.4, 0.5) is 10.5 Å². The lowest BCUT2D eigenvalue weighted by Crippen LogP contribution is -2.34. The summed E-state index contributed by atoms with van der Waals surface area (Å²) in [5.74, 6) is 0. The van der Waals surface area contributed by atoms with Crippen LogP contribution in [0.1, 0.15) is 13.8 Å². The van der Waals surface area contributed by atoms with Gasteiger partial charge in [-0.3, -0.25) is 0 Å². The fourth-order valence-corrected chi connectivity index (χ4v) is 1.32. The molecule has 2 N–H and O–H groups in total. The molecule has 0 spiro atoms. The van der Waals surface area contributed by atoms with E-state index in [1.807, 2.05) is 38.1 Å². The quantitative estimate of drug-likeness (QED) is 0.811. The third kappa shape index (κ3) is 3.95. The number of amides is 2. The highest BCUT2D eigenvalue weighted by molar-refractivity contribution is 14.1. The summed E-state index contributed by atoms with van der Waals surface area (Å²) < 4.78 is 1.15. The molecule has 0 atom stereocenters. The van der Waals surface area contributed by atoms with Crippen molar-refractivity contribution >= 4 is 34.3 Å². The lowest BCUT2D eigenvalue weighted by molar-refractivity contribution is 0.250. The number of anilines is 1. The summed E-state index contributed by atoms with van der Waals surface area (Å²) in [5.41, 5.74) is 0.809. The standard InChI is InChI=1S/C10H13IN2O/c1-7(2)12-10(14)13-9-5-3-8(11)4-6-9/h3-7H,1-2H3,(H2,12,13,14). The number of carbonyl (C=O) groups is 1. The van der Waals surface area contributed by atoms with Gasteiger partial charge in [-0.25, -0.2) is 4.79 Å². The van der Waals surface area contributed by atoms with Gasteiger partial charge in [-0.15, -0.1) is 0 Å². The SMILES string of the molecule is CC(C)NC(=O)Nc1ccc(I)cc1. The van der Waals surface area contributed by atoms with Gasteiger partial charge < -0.3 is 10.6 Å². The van der Waals surface area contributed by atoms with Gasteiger partial charge in [0.1, 0.15) is 0 Å². The van der Waals surface area contributed by atoms with Gasteiger partial charge in [-0.05, 0) is 60.7 Å². The summed E-state index contributed by atoms with van der Waals surface area (Å²) >= 11 is 2.22. The van der Waals surface area contributed by atoms with Gasteiger partial charge in [0.2, 0.25) is 0 Å². The molecule has 0 heterocycles. The molecule has 0 saturated carbocycles. The largest absolute Gasteiger partial charge is 0.336 e. The maximum absolute atomic E-state index is 11.3. The molecule has 1 aromatic rings. The van der Waals surface area contributed by atoms with Crippen molar-refractivity contribution in [1.29, 1.82) is 0 Å². The minimum absolute atomic E-state index is 0.152. The number of hydrogen-bond acceptors (Lipinski definition) is 1. The molecule has 2 amide bonds. The van der Waals surface area contributed by atoms with Crippen LogP contribution in [-0.4, -0.2) is 12.1 Å². The predicted molar refractivity (Wildman–Crippen MR) is 66.4 cm³/mol. The van der Waals surface area contributed by atoms with Crippen LogP contribution in [0.2, 0.25) is 0 Å². The third-order valence-corrected chi connectivity index (χ3v) is 2.24. The molecule has 0 fully saturated rings. The highest BCUT2D eigenvalue weighted by Gasteiger charge is 2.02. The molecule has 0 aliphatic heterocycles. The Kier molecular flexibility index (Phi) is 4.19. The van der Waals surface area contributed by atoms with E-state index in [9.17, 15) is 4.79 Å². The van der Waals surface area contributed by atoms with Crippen LogP contribution in [0.25, 0.3) is 0 Å². The number of carbonyl (C=O) groups excluding carboxylic acids is 1. The summed E-state index contributed by atoms with van der Waals surface area (Å²) in [6.07, 6.45) is 0. The summed E-state index contributed by atoms with van der Waals surface area (Å²) in [6.45, 7) is 3.85. The highest BCUT2D eigenvalue weighted by Crippen LogP contribution is 2.10. The van der Waals surface area contributed by atoms with Crippen LogP contribution in [0, 0.1) is 3.57 Å². The van der Waals surface area contributed by atoms with Crippen LogP contribution in [0.15, 0.2) is 24.3 Å².